The lowest BCUT2D eigenvalue weighted by molar-refractivity contribution is 0.102. The molecule has 2 aromatic carbocycles. The number of hydrogen-bond donors (Lipinski definition) is 2. The summed E-state index contributed by atoms with van der Waals surface area (Å²) in [5, 5.41) is 2.77. The molecule has 0 spiro atoms. The molecular weight excluding hydrogens is 404 g/mol. The predicted molar refractivity (Wildman–Crippen MR) is 86.8 cm³/mol. The molecule has 0 fully saturated rings. The highest BCUT2D eigenvalue weighted by molar-refractivity contribution is 9.11. The number of amides is 1. The summed E-state index contributed by atoms with van der Waals surface area (Å²) in [5.41, 5.74) is 7.32. The molecule has 2 aromatic rings. The van der Waals surface area contributed by atoms with E-state index in [4.69, 9.17) is 15.2 Å². The predicted octanol–water partition coefficient (Wildman–Crippen LogP) is 3.77. The molecule has 0 bridgehead atoms. The second kappa shape index (κ2) is 5.57. The van der Waals surface area contributed by atoms with Crippen molar-refractivity contribution < 1.29 is 14.3 Å². The van der Waals surface area contributed by atoms with E-state index in [0.717, 1.165) is 4.47 Å². The van der Waals surface area contributed by atoms with Crippen molar-refractivity contribution in [2.45, 2.75) is 0 Å². The zero-order valence-corrected chi connectivity index (χ0v) is 13.8. The number of fused-ring (bicyclic) bond motifs is 1. The minimum atomic E-state index is -0.270. The van der Waals surface area contributed by atoms with E-state index < -0.39 is 0 Å². The van der Waals surface area contributed by atoms with Gasteiger partial charge >= 0.3 is 0 Å². The summed E-state index contributed by atoms with van der Waals surface area (Å²) >= 11 is 6.70. The van der Waals surface area contributed by atoms with Crippen LogP contribution in [0.2, 0.25) is 0 Å². The Labute approximate surface area is 137 Å². The van der Waals surface area contributed by atoms with Crippen molar-refractivity contribution in [3.63, 3.8) is 0 Å². The lowest BCUT2D eigenvalue weighted by atomic mass is 10.2. The van der Waals surface area contributed by atoms with Crippen LogP contribution in [0.3, 0.4) is 0 Å². The molecule has 0 saturated heterocycles. The largest absolute Gasteiger partial charge is 0.454 e. The van der Waals surface area contributed by atoms with Crippen molar-refractivity contribution in [3.05, 3.63) is 44.8 Å². The quantitative estimate of drug-likeness (QED) is 0.735. The van der Waals surface area contributed by atoms with Gasteiger partial charge in [-0.3, -0.25) is 4.79 Å². The number of anilines is 2. The lowest BCUT2D eigenvalue weighted by Crippen LogP contribution is -2.13. The molecule has 1 amide bonds. The number of benzene rings is 2. The van der Waals surface area contributed by atoms with Crippen LogP contribution in [-0.4, -0.2) is 12.7 Å². The van der Waals surface area contributed by atoms with Gasteiger partial charge < -0.3 is 20.5 Å². The number of carbonyl (C=O) groups excluding carboxylic acids is 1. The van der Waals surface area contributed by atoms with Gasteiger partial charge in [0.1, 0.15) is 0 Å². The zero-order chi connectivity index (χ0) is 15.0. The standard InChI is InChI=1S/C14H10Br2N2O3/c15-7-1-2-9(16)8(3-7)14(19)18-11-5-13-12(4-10(11)17)20-6-21-13/h1-5H,6,17H2,(H,18,19). The molecule has 1 aliphatic rings. The van der Waals surface area contributed by atoms with Crippen LogP contribution in [0.1, 0.15) is 10.4 Å². The van der Waals surface area contributed by atoms with Gasteiger partial charge in [-0.1, -0.05) is 15.9 Å². The fraction of sp³-hybridized carbons (Fsp3) is 0.0714. The molecule has 0 atom stereocenters. The topological polar surface area (TPSA) is 73.6 Å². The van der Waals surface area contributed by atoms with Gasteiger partial charge in [0, 0.05) is 21.1 Å². The summed E-state index contributed by atoms with van der Waals surface area (Å²) in [4.78, 5) is 12.3. The van der Waals surface area contributed by atoms with E-state index in [1.54, 1.807) is 24.3 Å². The van der Waals surface area contributed by atoms with Crippen LogP contribution in [0.4, 0.5) is 11.4 Å². The van der Waals surface area contributed by atoms with Crippen LogP contribution in [0.25, 0.3) is 0 Å². The molecule has 108 valence electrons. The molecule has 21 heavy (non-hydrogen) atoms. The molecule has 3 N–H and O–H groups in total. The van der Waals surface area contributed by atoms with E-state index >= 15 is 0 Å². The summed E-state index contributed by atoms with van der Waals surface area (Å²) in [5.74, 6) is 0.871. The highest BCUT2D eigenvalue weighted by atomic mass is 79.9. The molecule has 0 saturated carbocycles. The zero-order valence-electron chi connectivity index (χ0n) is 10.7. The highest BCUT2D eigenvalue weighted by Crippen LogP contribution is 2.38. The van der Waals surface area contributed by atoms with Gasteiger partial charge in [0.05, 0.1) is 16.9 Å². The number of ether oxygens (including phenoxy) is 2. The third-order valence-electron chi connectivity index (χ3n) is 2.97. The molecule has 0 radical (unpaired) electrons. The van der Waals surface area contributed by atoms with E-state index in [2.05, 4.69) is 37.2 Å². The maximum atomic E-state index is 12.3. The van der Waals surface area contributed by atoms with Crippen LogP contribution in [0.5, 0.6) is 11.5 Å². The average Bonchev–Trinajstić information content (AvgIpc) is 2.88. The Bertz CT molecular complexity index is 734. The normalized spacial score (nSPS) is 12.3. The Morgan fingerprint density at radius 1 is 1.14 bits per heavy atom. The molecule has 1 heterocycles. The van der Waals surface area contributed by atoms with Crippen molar-refractivity contribution in [2.75, 3.05) is 17.8 Å². The summed E-state index contributed by atoms with van der Waals surface area (Å²) < 4.78 is 12.0. The minimum Gasteiger partial charge on any atom is -0.454 e. The van der Waals surface area contributed by atoms with E-state index in [-0.39, 0.29) is 12.7 Å². The van der Waals surface area contributed by atoms with Crippen LogP contribution in [0, 0.1) is 0 Å². The van der Waals surface area contributed by atoms with Gasteiger partial charge in [-0.25, -0.2) is 0 Å². The smallest absolute Gasteiger partial charge is 0.256 e. The second-order valence-electron chi connectivity index (χ2n) is 4.37. The van der Waals surface area contributed by atoms with Crippen molar-refractivity contribution in [1.29, 1.82) is 0 Å². The lowest BCUT2D eigenvalue weighted by Gasteiger charge is -2.10. The summed E-state index contributed by atoms with van der Waals surface area (Å²) in [6, 6.07) is 8.65. The Hall–Kier alpha value is -1.73. The fourth-order valence-corrected chi connectivity index (χ4v) is 2.71. The Kier molecular flexibility index (Phi) is 3.77. The van der Waals surface area contributed by atoms with Crippen molar-refractivity contribution in [2.24, 2.45) is 0 Å². The third kappa shape index (κ3) is 2.84. The van der Waals surface area contributed by atoms with Gasteiger partial charge in [-0.05, 0) is 34.1 Å². The Morgan fingerprint density at radius 2 is 1.86 bits per heavy atom. The molecular formula is C14H10Br2N2O3. The van der Waals surface area contributed by atoms with Gasteiger partial charge in [0.25, 0.3) is 5.91 Å². The summed E-state index contributed by atoms with van der Waals surface area (Å²) in [6.45, 7) is 0.156. The van der Waals surface area contributed by atoms with Gasteiger partial charge in [0.2, 0.25) is 6.79 Å². The van der Waals surface area contributed by atoms with Gasteiger partial charge in [-0.15, -0.1) is 0 Å². The first-order chi connectivity index (χ1) is 10.0. The molecule has 7 heteroatoms. The summed E-state index contributed by atoms with van der Waals surface area (Å²) in [7, 11) is 0. The number of rotatable bonds is 2. The SMILES string of the molecule is Nc1cc2c(cc1NC(=O)c1cc(Br)ccc1Br)OCO2. The van der Waals surface area contributed by atoms with Crippen molar-refractivity contribution in [3.8, 4) is 11.5 Å². The first-order valence-electron chi connectivity index (χ1n) is 6.00. The molecule has 0 aliphatic carbocycles. The van der Waals surface area contributed by atoms with Crippen LogP contribution in [-0.2, 0) is 0 Å². The number of hydrogen-bond acceptors (Lipinski definition) is 4. The molecule has 0 aromatic heterocycles. The highest BCUT2D eigenvalue weighted by Gasteiger charge is 2.18. The minimum absolute atomic E-state index is 0.156. The van der Waals surface area contributed by atoms with Crippen LogP contribution < -0.4 is 20.5 Å². The van der Waals surface area contributed by atoms with Crippen molar-refractivity contribution >= 4 is 49.1 Å². The van der Waals surface area contributed by atoms with Gasteiger partial charge in [-0.2, -0.15) is 0 Å². The fourth-order valence-electron chi connectivity index (χ4n) is 1.93. The number of nitrogens with one attached hydrogen (secondary N) is 1. The molecule has 3 rings (SSSR count). The molecule has 5 nitrogen and oxygen atoms in total. The van der Waals surface area contributed by atoms with Crippen LogP contribution >= 0.6 is 31.9 Å². The first-order valence-corrected chi connectivity index (χ1v) is 7.59. The second-order valence-corrected chi connectivity index (χ2v) is 6.14. The maximum Gasteiger partial charge on any atom is 0.256 e. The van der Waals surface area contributed by atoms with Crippen molar-refractivity contribution in [1.82, 2.24) is 0 Å². The van der Waals surface area contributed by atoms with E-state index in [1.165, 1.54) is 0 Å². The summed E-state index contributed by atoms with van der Waals surface area (Å²) in [6.07, 6.45) is 0. The average molecular weight is 414 g/mol. The number of halogens is 2. The number of nitrogen functional groups attached to an aromatic ring is 1. The van der Waals surface area contributed by atoms with E-state index in [9.17, 15) is 4.79 Å². The number of carbonyl (C=O) groups is 1. The molecule has 0 unspecified atom stereocenters. The first kappa shape index (κ1) is 14.2. The van der Waals surface area contributed by atoms with E-state index in [0.29, 0.717) is 32.9 Å². The monoisotopic (exact) mass is 412 g/mol. The Morgan fingerprint density at radius 3 is 2.62 bits per heavy atom. The Balaban J connectivity index is 1.90. The van der Waals surface area contributed by atoms with E-state index in [1.807, 2.05) is 6.07 Å². The van der Waals surface area contributed by atoms with Gasteiger partial charge in [0.15, 0.2) is 11.5 Å². The number of nitrogens with two attached hydrogens (primary N) is 1. The van der Waals surface area contributed by atoms with Crippen LogP contribution in [0.15, 0.2) is 39.3 Å². The third-order valence-corrected chi connectivity index (χ3v) is 4.15. The molecule has 1 aliphatic heterocycles. The maximum absolute atomic E-state index is 12.3.